The van der Waals surface area contributed by atoms with Crippen LogP contribution in [0.5, 0.6) is 11.5 Å². The second-order valence-corrected chi connectivity index (χ2v) is 7.37. The Morgan fingerprint density at radius 1 is 0.939 bits per heavy atom. The summed E-state index contributed by atoms with van der Waals surface area (Å²) in [7, 11) is 0. The van der Waals surface area contributed by atoms with Crippen LogP contribution in [0.25, 0.3) is 11.0 Å². The van der Waals surface area contributed by atoms with Crippen molar-refractivity contribution in [2.45, 2.75) is 19.9 Å². The summed E-state index contributed by atoms with van der Waals surface area (Å²) in [5.41, 5.74) is 0.989. The van der Waals surface area contributed by atoms with Crippen molar-refractivity contribution in [1.29, 1.82) is 0 Å². The first kappa shape index (κ1) is 20.7. The van der Waals surface area contributed by atoms with Crippen LogP contribution < -0.4 is 19.8 Å². The van der Waals surface area contributed by atoms with Crippen LogP contribution in [0.15, 0.2) is 70.1 Å². The van der Waals surface area contributed by atoms with Gasteiger partial charge >= 0.3 is 0 Å². The SMILES string of the molecule is CCOc1ccc(C2c3c(oc4ccccc4c3=O)C(=O)N2c2ncccn2)cc1OCC. The highest BCUT2D eigenvalue weighted by Crippen LogP contribution is 2.42. The number of benzene rings is 2. The van der Waals surface area contributed by atoms with Crippen LogP contribution >= 0.6 is 0 Å². The number of carbonyl (C=O) groups is 1. The topological polar surface area (TPSA) is 94.8 Å². The van der Waals surface area contributed by atoms with Crippen LogP contribution in [0, 0.1) is 0 Å². The second-order valence-electron chi connectivity index (χ2n) is 7.37. The number of rotatable bonds is 6. The lowest BCUT2D eigenvalue weighted by Gasteiger charge is -2.24. The van der Waals surface area contributed by atoms with Crippen molar-refractivity contribution in [1.82, 2.24) is 9.97 Å². The van der Waals surface area contributed by atoms with E-state index in [4.69, 9.17) is 13.9 Å². The molecule has 1 unspecified atom stereocenters. The van der Waals surface area contributed by atoms with Crippen molar-refractivity contribution in [3.8, 4) is 11.5 Å². The Labute approximate surface area is 189 Å². The lowest BCUT2D eigenvalue weighted by Crippen LogP contribution is -2.31. The second kappa shape index (κ2) is 8.38. The molecule has 2 aromatic heterocycles. The number of hydrogen-bond donors (Lipinski definition) is 0. The van der Waals surface area contributed by atoms with Gasteiger partial charge in [-0.1, -0.05) is 18.2 Å². The number of hydrogen-bond acceptors (Lipinski definition) is 7. The van der Waals surface area contributed by atoms with Crippen LogP contribution in [0.2, 0.25) is 0 Å². The Morgan fingerprint density at radius 3 is 2.42 bits per heavy atom. The van der Waals surface area contributed by atoms with Gasteiger partial charge in [0.1, 0.15) is 5.58 Å². The van der Waals surface area contributed by atoms with E-state index in [0.717, 1.165) is 0 Å². The van der Waals surface area contributed by atoms with Crippen molar-refractivity contribution in [3.05, 3.63) is 88.0 Å². The quantitative estimate of drug-likeness (QED) is 0.442. The fraction of sp³-hybridized carbons (Fsp3) is 0.200. The number of nitrogens with zero attached hydrogens (tertiary/aromatic N) is 3. The van der Waals surface area contributed by atoms with Crippen LogP contribution in [-0.2, 0) is 0 Å². The molecule has 0 bridgehead atoms. The van der Waals surface area contributed by atoms with Gasteiger partial charge in [-0.15, -0.1) is 0 Å². The molecule has 33 heavy (non-hydrogen) atoms. The maximum Gasteiger partial charge on any atom is 0.297 e. The van der Waals surface area contributed by atoms with Gasteiger partial charge in [0.2, 0.25) is 11.7 Å². The molecule has 8 nitrogen and oxygen atoms in total. The molecule has 0 saturated heterocycles. The average molecular weight is 443 g/mol. The van der Waals surface area contributed by atoms with E-state index in [-0.39, 0.29) is 22.7 Å². The van der Waals surface area contributed by atoms with Gasteiger partial charge in [0.05, 0.1) is 30.2 Å². The third-order valence-electron chi connectivity index (χ3n) is 5.43. The largest absolute Gasteiger partial charge is 0.490 e. The summed E-state index contributed by atoms with van der Waals surface area (Å²) >= 11 is 0. The van der Waals surface area contributed by atoms with Gasteiger partial charge in [-0.05, 0) is 49.7 Å². The lowest BCUT2D eigenvalue weighted by atomic mass is 9.98. The smallest absolute Gasteiger partial charge is 0.297 e. The Kier molecular flexibility index (Phi) is 5.26. The van der Waals surface area contributed by atoms with Crippen molar-refractivity contribution < 1.29 is 18.7 Å². The summed E-state index contributed by atoms with van der Waals surface area (Å²) < 4.78 is 17.4. The molecule has 8 heteroatoms. The number of anilines is 1. The number of aromatic nitrogens is 2. The van der Waals surface area contributed by atoms with Crippen LogP contribution in [-0.4, -0.2) is 29.1 Å². The average Bonchev–Trinajstić information content (AvgIpc) is 3.14. The predicted octanol–water partition coefficient (Wildman–Crippen LogP) is 4.13. The summed E-state index contributed by atoms with van der Waals surface area (Å²) in [6.45, 7) is 4.67. The highest BCUT2D eigenvalue weighted by atomic mass is 16.5. The highest BCUT2D eigenvalue weighted by Gasteiger charge is 2.45. The normalized spacial score (nSPS) is 15.0. The van der Waals surface area contributed by atoms with E-state index >= 15 is 0 Å². The third-order valence-corrected chi connectivity index (χ3v) is 5.43. The van der Waals surface area contributed by atoms with E-state index < -0.39 is 11.9 Å². The molecule has 1 aliphatic heterocycles. The van der Waals surface area contributed by atoms with Gasteiger partial charge in [-0.25, -0.2) is 9.97 Å². The van der Waals surface area contributed by atoms with Gasteiger partial charge in [0.15, 0.2) is 16.9 Å². The molecule has 3 heterocycles. The molecule has 0 radical (unpaired) electrons. The fourth-order valence-electron chi connectivity index (χ4n) is 4.09. The summed E-state index contributed by atoms with van der Waals surface area (Å²) in [5.74, 6) is 0.797. The first-order chi connectivity index (χ1) is 16.1. The van der Waals surface area contributed by atoms with Crippen LogP contribution in [0.4, 0.5) is 5.95 Å². The summed E-state index contributed by atoms with van der Waals surface area (Å²) in [4.78, 5) is 37.0. The standard InChI is InChI=1S/C25H21N3O5/c1-3-31-18-11-10-15(14-19(18)32-4-2)21-20-22(29)16-8-5-6-9-17(16)33-23(20)24(30)28(21)25-26-12-7-13-27-25/h5-14,21H,3-4H2,1-2H3. The van der Waals surface area contributed by atoms with E-state index in [2.05, 4.69) is 9.97 Å². The lowest BCUT2D eigenvalue weighted by molar-refractivity contribution is 0.0969. The van der Waals surface area contributed by atoms with E-state index in [1.807, 2.05) is 19.9 Å². The molecule has 0 saturated carbocycles. The van der Waals surface area contributed by atoms with Gasteiger partial charge in [-0.3, -0.25) is 14.5 Å². The van der Waals surface area contributed by atoms with Crippen molar-refractivity contribution in [3.63, 3.8) is 0 Å². The zero-order chi connectivity index (χ0) is 22.9. The number of fused-ring (bicyclic) bond motifs is 2. The molecule has 0 spiro atoms. The maximum atomic E-state index is 13.6. The molecular formula is C25H21N3O5. The monoisotopic (exact) mass is 443 g/mol. The molecule has 1 aliphatic rings. The van der Waals surface area contributed by atoms with E-state index in [1.165, 1.54) is 4.90 Å². The van der Waals surface area contributed by atoms with Crippen LogP contribution in [0.3, 0.4) is 0 Å². The van der Waals surface area contributed by atoms with Crippen LogP contribution in [0.1, 0.15) is 41.6 Å². The van der Waals surface area contributed by atoms with E-state index in [0.29, 0.717) is 41.2 Å². The number of ether oxygens (including phenoxy) is 2. The summed E-state index contributed by atoms with van der Waals surface area (Å²) in [5, 5.41) is 0.404. The van der Waals surface area contributed by atoms with Crippen molar-refractivity contribution >= 4 is 22.8 Å². The zero-order valence-electron chi connectivity index (χ0n) is 18.1. The van der Waals surface area contributed by atoms with Gasteiger partial charge in [0.25, 0.3) is 5.91 Å². The summed E-state index contributed by atoms with van der Waals surface area (Å²) in [6.07, 6.45) is 3.09. The third kappa shape index (κ3) is 3.40. The maximum absolute atomic E-state index is 13.6. The minimum absolute atomic E-state index is 0.0111. The minimum Gasteiger partial charge on any atom is -0.490 e. The van der Waals surface area contributed by atoms with Gasteiger partial charge in [-0.2, -0.15) is 0 Å². The van der Waals surface area contributed by atoms with E-state index in [1.54, 1.807) is 54.9 Å². The molecule has 0 fully saturated rings. The van der Waals surface area contributed by atoms with Crippen molar-refractivity contribution in [2.24, 2.45) is 0 Å². The Balaban J connectivity index is 1.77. The van der Waals surface area contributed by atoms with E-state index in [9.17, 15) is 9.59 Å². The first-order valence-electron chi connectivity index (χ1n) is 10.7. The fourth-order valence-corrected chi connectivity index (χ4v) is 4.09. The molecule has 0 aliphatic carbocycles. The molecule has 166 valence electrons. The van der Waals surface area contributed by atoms with Crippen molar-refractivity contribution in [2.75, 3.05) is 18.1 Å². The number of amides is 1. The molecule has 4 aromatic rings. The molecular weight excluding hydrogens is 422 g/mol. The van der Waals surface area contributed by atoms with Gasteiger partial charge < -0.3 is 13.9 Å². The zero-order valence-corrected chi connectivity index (χ0v) is 18.1. The Morgan fingerprint density at radius 2 is 1.67 bits per heavy atom. The number of carbonyl (C=O) groups excluding carboxylic acids is 1. The highest BCUT2D eigenvalue weighted by molar-refractivity contribution is 6.09. The predicted molar refractivity (Wildman–Crippen MR) is 122 cm³/mol. The Hall–Kier alpha value is -4.20. The summed E-state index contributed by atoms with van der Waals surface area (Å²) in [6, 6.07) is 13.1. The minimum atomic E-state index is -0.786. The van der Waals surface area contributed by atoms with Gasteiger partial charge in [0, 0.05) is 12.4 Å². The molecule has 1 atom stereocenters. The molecule has 0 N–H and O–H groups in total. The number of para-hydroxylation sites is 1. The molecule has 1 amide bonds. The molecule has 5 rings (SSSR count). The first-order valence-corrected chi connectivity index (χ1v) is 10.7. The Bertz CT molecular complexity index is 1400. The molecule has 2 aromatic carbocycles.